The Hall–Kier alpha value is -1.80. The van der Waals surface area contributed by atoms with Crippen molar-refractivity contribution in [1.29, 1.82) is 0 Å². The molecule has 0 saturated heterocycles. The third-order valence-electron chi connectivity index (χ3n) is 2.27. The zero-order valence-corrected chi connectivity index (χ0v) is 8.81. The van der Waals surface area contributed by atoms with Crippen molar-refractivity contribution in [2.45, 2.75) is 18.0 Å². The lowest BCUT2D eigenvalue weighted by atomic mass is 9.99. The molecule has 1 aromatic carbocycles. The number of benzene rings is 1. The van der Waals surface area contributed by atoms with Crippen molar-refractivity contribution in [3.63, 3.8) is 0 Å². The van der Waals surface area contributed by atoms with E-state index in [0.29, 0.717) is 6.07 Å². The molecule has 2 nitrogen and oxygen atoms in total. The summed E-state index contributed by atoms with van der Waals surface area (Å²) >= 11 is 0. The van der Waals surface area contributed by atoms with Crippen molar-refractivity contribution >= 4 is 6.29 Å². The summed E-state index contributed by atoms with van der Waals surface area (Å²) < 4.78 is 87.6. The molecule has 19 heavy (non-hydrogen) atoms. The van der Waals surface area contributed by atoms with Crippen molar-refractivity contribution in [3.8, 4) is 5.75 Å². The van der Waals surface area contributed by atoms with Crippen LogP contribution in [0.4, 0.5) is 30.7 Å². The molecule has 0 fully saturated rings. The molecule has 0 unspecified atom stereocenters. The van der Waals surface area contributed by atoms with Crippen LogP contribution in [0.5, 0.6) is 5.75 Å². The largest absolute Gasteiger partial charge is 0.507 e. The summed E-state index contributed by atoms with van der Waals surface area (Å²) in [6.45, 7) is 0. The van der Waals surface area contributed by atoms with E-state index in [1.54, 1.807) is 0 Å². The second-order valence-electron chi connectivity index (χ2n) is 3.54. The van der Waals surface area contributed by atoms with Gasteiger partial charge in [-0.3, -0.25) is 4.79 Å². The minimum Gasteiger partial charge on any atom is -0.507 e. The van der Waals surface area contributed by atoms with Gasteiger partial charge in [0.25, 0.3) is 0 Å². The number of carbonyl (C=O) groups is 1. The van der Waals surface area contributed by atoms with Gasteiger partial charge in [-0.1, -0.05) is 0 Å². The average molecular weight is 290 g/mol. The highest BCUT2D eigenvalue weighted by Crippen LogP contribution is 2.51. The number of hydrogen-bond acceptors (Lipinski definition) is 2. The second kappa shape index (κ2) is 4.39. The molecule has 0 aliphatic carbocycles. The molecule has 1 N–H and O–H groups in total. The Labute approximate surface area is 101 Å². The highest BCUT2D eigenvalue weighted by molar-refractivity contribution is 5.79. The summed E-state index contributed by atoms with van der Waals surface area (Å²) in [6, 6.07) is 0.684. The predicted octanol–water partition coefficient (Wildman–Crippen LogP) is 3.49. The second-order valence-corrected chi connectivity index (χ2v) is 3.54. The third kappa shape index (κ3) is 2.36. The fourth-order valence-electron chi connectivity index (χ4n) is 1.20. The molecule has 0 radical (unpaired) electrons. The first kappa shape index (κ1) is 15.3. The summed E-state index contributed by atoms with van der Waals surface area (Å²) in [5.41, 5.74) is -2.55. The van der Waals surface area contributed by atoms with Crippen LogP contribution in [-0.4, -0.2) is 23.5 Å². The maximum Gasteiger partial charge on any atom is 0.460 e. The predicted molar refractivity (Wildman–Crippen MR) is 48.4 cm³/mol. The van der Waals surface area contributed by atoms with Crippen molar-refractivity contribution in [2.24, 2.45) is 0 Å². The van der Waals surface area contributed by atoms with Crippen LogP contribution in [0.25, 0.3) is 0 Å². The fraction of sp³-hybridized carbons (Fsp3) is 0.300. The highest BCUT2D eigenvalue weighted by Gasteiger charge is 2.73. The van der Waals surface area contributed by atoms with Gasteiger partial charge in [-0.25, -0.2) is 0 Å². The Kier molecular flexibility index (Phi) is 3.53. The first-order valence-electron chi connectivity index (χ1n) is 4.56. The van der Waals surface area contributed by atoms with Gasteiger partial charge in [0.1, 0.15) is 5.75 Å². The number of rotatable bonds is 3. The molecular weight excluding hydrogens is 285 g/mol. The molecule has 9 heteroatoms. The van der Waals surface area contributed by atoms with E-state index in [4.69, 9.17) is 5.11 Å². The van der Waals surface area contributed by atoms with Crippen molar-refractivity contribution < 1.29 is 40.6 Å². The van der Waals surface area contributed by atoms with Crippen molar-refractivity contribution in [3.05, 3.63) is 29.3 Å². The molecule has 0 bridgehead atoms. The van der Waals surface area contributed by atoms with E-state index in [9.17, 15) is 35.5 Å². The number of alkyl halides is 7. The summed E-state index contributed by atoms with van der Waals surface area (Å²) in [5.74, 6) is -12.7. The molecule has 1 rings (SSSR count). The zero-order valence-electron chi connectivity index (χ0n) is 8.81. The summed E-state index contributed by atoms with van der Waals surface area (Å²) in [4.78, 5) is 10.3. The Morgan fingerprint density at radius 1 is 1.00 bits per heavy atom. The van der Waals surface area contributed by atoms with Gasteiger partial charge in [0.15, 0.2) is 6.29 Å². The van der Waals surface area contributed by atoms with Crippen LogP contribution < -0.4 is 0 Å². The van der Waals surface area contributed by atoms with Crippen LogP contribution in [-0.2, 0) is 5.92 Å². The number of aromatic hydroxyl groups is 1. The SMILES string of the molecule is O=Cc1cc(C(F)(F)C(F)(F)C(F)(F)F)ccc1O. The topological polar surface area (TPSA) is 37.3 Å². The molecule has 0 amide bonds. The molecular formula is C10H5F7O2. The Morgan fingerprint density at radius 2 is 1.53 bits per heavy atom. The molecule has 0 saturated carbocycles. The van der Waals surface area contributed by atoms with E-state index in [0.717, 1.165) is 0 Å². The lowest BCUT2D eigenvalue weighted by Crippen LogP contribution is -2.50. The molecule has 0 aliphatic heterocycles. The number of halogens is 7. The van der Waals surface area contributed by atoms with E-state index in [1.807, 2.05) is 0 Å². The van der Waals surface area contributed by atoms with Crippen LogP contribution in [0.2, 0.25) is 0 Å². The van der Waals surface area contributed by atoms with Gasteiger partial charge < -0.3 is 5.11 Å². The average Bonchev–Trinajstić information content (AvgIpc) is 2.27. The number of carbonyl (C=O) groups excluding carboxylic acids is 1. The smallest absolute Gasteiger partial charge is 0.460 e. The van der Waals surface area contributed by atoms with E-state index in [1.165, 1.54) is 0 Å². The summed E-state index contributed by atoms with van der Waals surface area (Å²) in [6.07, 6.45) is -6.61. The minimum absolute atomic E-state index is 0.0714. The standard InChI is InChI=1S/C10H5F7O2/c11-8(12,9(13,14)10(15,16)17)6-1-2-7(19)5(3-6)4-18/h1-4,19H. The molecule has 0 aromatic heterocycles. The van der Waals surface area contributed by atoms with Gasteiger partial charge in [-0.15, -0.1) is 0 Å². The Bertz CT molecular complexity index is 493. The summed E-state index contributed by atoms with van der Waals surface area (Å²) in [7, 11) is 0. The van der Waals surface area contributed by atoms with Gasteiger partial charge in [-0.2, -0.15) is 30.7 Å². The monoisotopic (exact) mass is 290 g/mol. The van der Waals surface area contributed by atoms with E-state index in [-0.39, 0.29) is 18.4 Å². The van der Waals surface area contributed by atoms with Gasteiger partial charge in [0.05, 0.1) is 5.56 Å². The molecule has 0 spiro atoms. The summed E-state index contributed by atoms with van der Waals surface area (Å²) in [5, 5.41) is 8.98. The zero-order chi connectivity index (χ0) is 15.1. The molecule has 1 aromatic rings. The number of phenolic OH excluding ortho intramolecular Hbond substituents is 1. The molecule has 106 valence electrons. The van der Waals surface area contributed by atoms with Gasteiger partial charge in [0, 0.05) is 5.56 Å². The van der Waals surface area contributed by atoms with Crippen molar-refractivity contribution in [1.82, 2.24) is 0 Å². The fourth-order valence-corrected chi connectivity index (χ4v) is 1.20. The van der Waals surface area contributed by atoms with Crippen LogP contribution in [0, 0.1) is 0 Å². The maximum atomic E-state index is 13.2. The Morgan fingerprint density at radius 3 is 1.95 bits per heavy atom. The van der Waals surface area contributed by atoms with Crippen LogP contribution in [0.15, 0.2) is 18.2 Å². The molecule has 0 atom stereocenters. The van der Waals surface area contributed by atoms with Gasteiger partial charge in [-0.05, 0) is 18.2 Å². The molecule has 0 aliphatic rings. The maximum absolute atomic E-state index is 13.2. The quantitative estimate of drug-likeness (QED) is 0.683. The lowest BCUT2D eigenvalue weighted by molar-refractivity contribution is -0.359. The molecule has 0 heterocycles. The van der Waals surface area contributed by atoms with E-state index < -0.39 is 34.9 Å². The van der Waals surface area contributed by atoms with E-state index in [2.05, 4.69) is 0 Å². The first-order valence-corrected chi connectivity index (χ1v) is 4.56. The third-order valence-corrected chi connectivity index (χ3v) is 2.27. The van der Waals surface area contributed by atoms with E-state index >= 15 is 0 Å². The number of hydrogen-bond donors (Lipinski definition) is 1. The number of aldehydes is 1. The Balaban J connectivity index is 3.39. The van der Waals surface area contributed by atoms with Crippen molar-refractivity contribution in [2.75, 3.05) is 0 Å². The van der Waals surface area contributed by atoms with Crippen LogP contribution in [0.1, 0.15) is 15.9 Å². The van der Waals surface area contributed by atoms with Gasteiger partial charge >= 0.3 is 18.0 Å². The normalized spacial score (nSPS) is 13.4. The van der Waals surface area contributed by atoms with Crippen LogP contribution in [0.3, 0.4) is 0 Å². The highest BCUT2D eigenvalue weighted by atomic mass is 19.4. The van der Waals surface area contributed by atoms with Crippen LogP contribution >= 0.6 is 0 Å². The lowest BCUT2D eigenvalue weighted by Gasteiger charge is -2.28. The minimum atomic E-state index is -6.46. The van der Waals surface area contributed by atoms with Gasteiger partial charge in [0.2, 0.25) is 0 Å². The number of phenols is 1. The first-order chi connectivity index (χ1) is 8.45.